The van der Waals surface area contributed by atoms with Crippen LogP contribution in [0.2, 0.25) is 0 Å². The zero-order valence-corrected chi connectivity index (χ0v) is 22.4. The summed E-state index contributed by atoms with van der Waals surface area (Å²) in [6, 6.07) is 15.5. The van der Waals surface area contributed by atoms with E-state index in [0.29, 0.717) is 18.8 Å². The molecule has 6 nitrogen and oxygen atoms in total. The number of fused-ring (bicyclic) bond motifs is 1. The first-order valence-electron chi connectivity index (χ1n) is 12.7. The van der Waals surface area contributed by atoms with Crippen molar-refractivity contribution in [2.24, 2.45) is 0 Å². The number of aliphatic hydroxyl groups is 1. The van der Waals surface area contributed by atoms with Crippen LogP contribution in [0.25, 0.3) is 0 Å². The van der Waals surface area contributed by atoms with Crippen molar-refractivity contribution in [3.05, 3.63) is 81.8 Å². The van der Waals surface area contributed by atoms with Crippen LogP contribution >= 0.6 is 11.3 Å². The molecule has 3 aromatic rings. The minimum Gasteiger partial charge on any atom is -0.491 e. The normalized spacial score (nSPS) is 16.1. The minimum absolute atomic E-state index is 0.00900. The highest BCUT2D eigenvalue weighted by Crippen LogP contribution is 2.34. The van der Waals surface area contributed by atoms with E-state index in [4.69, 9.17) is 9.47 Å². The molecule has 2 heterocycles. The number of aliphatic hydroxyl groups excluding tert-OH is 1. The van der Waals surface area contributed by atoms with Gasteiger partial charge in [-0.3, -0.25) is 9.69 Å². The number of amides is 1. The first-order valence-corrected chi connectivity index (χ1v) is 13.5. The lowest BCUT2D eigenvalue weighted by Gasteiger charge is -2.38. The van der Waals surface area contributed by atoms with E-state index in [9.17, 15) is 14.3 Å². The number of para-hydroxylation sites is 1. The maximum atomic E-state index is 13.6. The Balaban J connectivity index is 1.40. The number of carbonyl (C=O) groups is 1. The molecule has 37 heavy (non-hydrogen) atoms. The van der Waals surface area contributed by atoms with E-state index in [0.717, 1.165) is 23.3 Å². The average molecular weight is 527 g/mol. The van der Waals surface area contributed by atoms with E-state index in [2.05, 4.69) is 11.4 Å². The van der Waals surface area contributed by atoms with Crippen molar-refractivity contribution in [1.29, 1.82) is 0 Å². The molecule has 198 valence electrons. The smallest absolute Gasteiger partial charge is 0.237 e. The van der Waals surface area contributed by atoms with E-state index < -0.39 is 6.10 Å². The molecular formula is C29H35FN2O4S. The van der Waals surface area contributed by atoms with Gasteiger partial charge < -0.3 is 19.5 Å². The fourth-order valence-electron chi connectivity index (χ4n) is 4.53. The van der Waals surface area contributed by atoms with Crippen LogP contribution in [0.1, 0.15) is 35.9 Å². The number of rotatable bonds is 11. The summed E-state index contributed by atoms with van der Waals surface area (Å²) < 4.78 is 25.1. The fraction of sp³-hybridized carbons (Fsp3) is 0.414. The number of aryl methyl sites for hydroxylation is 1. The zero-order chi connectivity index (χ0) is 26.4. The zero-order valence-electron chi connectivity index (χ0n) is 21.6. The van der Waals surface area contributed by atoms with Gasteiger partial charge in [0, 0.05) is 24.0 Å². The third-order valence-electron chi connectivity index (χ3n) is 6.68. The predicted octanol–water partition coefficient (Wildman–Crippen LogP) is 4.85. The van der Waals surface area contributed by atoms with Crippen molar-refractivity contribution in [3.63, 3.8) is 0 Å². The number of ether oxygens (including phenoxy) is 2. The van der Waals surface area contributed by atoms with Crippen molar-refractivity contribution in [2.75, 3.05) is 32.8 Å². The Bertz CT molecular complexity index is 1170. The molecule has 0 unspecified atom stereocenters. The lowest BCUT2D eigenvalue weighted by molar-refractivity contribution is -0.137. The predicted molar refractivity (Wildman–Crippen MR) is 144 cm³/mol. The summed E-state index contributed by atoms with van der Waals surface area (Å²) >= 11 is 1.70. The van der Waals surface area contributed by atoms with Gasteiger partial charge in [-0.1, -0.05) is 18.2 Å². The first kappa shape index (κ1) is 27.1. The Kier molecular flexibility index (Phi) is 9.18. The number of benzene rings is 2. The Hall–Kier alpha value is -2.94. The molecule has 0 radical (unpaired) electrons. The molecule has 1 N–H and O–H groups in total. The lowest BCUT2D eigenvalue weighted by atomic mass is 10.00. The second-order valence-corrected chi connectivity index (χ2v) is 10.7. The van der Waals surface area contributed by atoms with Gasteiger partial charge in [-0.2, -0.15) is 0 Å². The van der Waals surface area contributed by atoms with Crippen molar-refractivity contribution in [2.45, 2.75) is 45.4 Å². The van der Waals surface area contributed by atoms with Crippen LogP contribution in [-0.2, 0) is 11.2 Å². The van der Waals surface area contributed by atoms with E-state index in [1.807, 2.05) is 54.8 Å². The summed E-state index contributed by atoms with van der Waals surface area (Å²) in [4.78, 5) is 18.7. The summed E-state index contributed by atoms with van der Waals surface area (Å²) in [5.41, 5.74) is 2.12. The van der Waals surface area contributed by atoms with Crippen LogP contribution in [0.3, 0.4) is 0 Å². The highest BCUT2D eigenvalue weighted by Gasteiger charge is 2.33. The molecule has 0 aliphatic carbocycles. The van der Waals surface area contributed by atoms with E-state index in [1.165, 1.54) is 17.0 Å². The Morgan fingerprint density at radius 3 is 2.65 bits per heavy atom. The maximum Gasteiger partial charge on any atom is 0.237 e. The molecule has 2 aromatic carbocycles. The Labute approximate surface area is 222 Å². The SMILES string of the molecule is Cc1ccccc1OC[C@H](O)CN(CC(=O)N1CCc2sccc2[C@@H]1COc1ccc(F)cc1)C(C)C. The summed E-state index contributed by atoms with van der Waals surface area (Å²) in [6.45, 7) is 7.56. The summed E-state index contributed by atoms with van der Waals surface area (Å²) in [6.07, 6.45) is 0.0672. The number of carbonyl (C=O) groups excluding carboxylic acids is 1. The van der Waals surface area contributed by atoms with Gasteiger partial charge >= 0.3 is 0 Å². The molecule has 4 rings (SSSR count). The van der Waals surface area contributed by atoms with Crippen molar-refractivity contribution < 1.29 is 23.8 Å². The molecular weight excluding hydrogens is 491 g/mol. The van der Waals surface area contributed by atoms with Crippen LogP contribution < -0.4 is 9.47 Å². The minimum atomic E-state index is -0.739. The van der Waals surface area contributed by atoms with Gasteiger partial charge in [0.15, 0.2) is 0 Å². The Morgan fingerprint density at radius 2 is 1.92 bits per heavy atom. The summed E-state index contributed by atoms with van der Waals surface area (Å²) in [5, 5.41) is 12.7. The van der Waals surface area contributed by atoms with E-state index in [1.54, 1.807) is 23.5 Å². The average Bonchev–Trinajstić information content (AvgIpc) is 3.36. The molecule has 1 aliphatic rings. The molecule has 0 spiro atoms. The van der Waals surface area contributed by atoms with Crippen molar-refractivity contribution in [3.8, 4) is 11.5 Å². The largest absolute Gasteiger partial charge is 0.491 e. The number of nitrogens with zero attached hydrogens (tertiary/aromatic N) is 2. The monoisotopic (exact) mass is 526 g/mol. The third-order valence-corrected chi connectivity index (χ3v) is 7.67. The molecule has 0 fully saturated rings. The number of hydrogen-bond donors (Lipinski definition) is 1. The van der Waals surface area contributed by atoms with Gasteiger partial charge in [0.25, 0.3) is 0 Å². The summed E-state index contributed by atoms with van der Waals surface area (Å²) in [5.74, 6) is 0.988. The number of thiophene rings is 1. The highest BCUT2D eigenvalue weighted by molar-refractivity contribution is 7.10. The topological polar surface area (TPSA) is 62.2 Å². The van der Waals surface area contributed by atoms with Gasteiger partial charge in [-0.25, -0.2) is 4.39 Å². The number of hydrogen-bond acceptors (Lipinski definition) is 6. The van der Waals surface area contributed by atoms with Crippen LogP contribution in [0, 0.1) is 12.7 Å². The van der Waals surface area contributed by atoms with E-state index >= 15 is 0 Å². The van der Waals surface area contributed by atoms with Crippen molar-refractivity contribution >= 4 is 17.2 Å². The van der Waals surface area contributed by atoms with Gasteiger partial charge in [0.1, 0.15) is 36.6 Å². The summed E-state index contributed by atoms with van der Waals surface area (Å²) in [7, 11) is 0. The van der Waals surface area contributed by atoms with Gasteiger partial charge in [0.2, 0.25) is 5.91 Å². The molecule has 8 heteroatoms. The first-order chi connectivity index (χ1) is 17.8. The molecule has 0 saturated heterocycles. The van der Waals surface area contributed by atoms with Gasteiger partial charge in [-0.05, 0) is 80.1 Å². The van der Waals surface area contributed by atoms with E-state index in [-0.39, 0.29) is 43.6 Å². The maximum absolute atomic E-state index is 13.6. The standard InChI is InChI=1S/C29H35FN2O4S/c1-20(2)31(16-23(33)18-36-27-7-5-4-6-21(27)3)17-29(34)32-14-12-28-25(13-15-37-28)26(32)19-35-24-10-8-22(30)9-11-24/h4-11,13,15,20,23,26,33H,12,14,16-19H2,1-3H3/t23-,26+/m1/s1. The molecule has 1 aromatic heterocycles. The second kappa shape index (κ2) is 12.5. The van der Waals surface area contributed by atoms with Crippen LogP contribution in [0.4, 0.5) is 4.39 Å². The fourth-order valence-corrected chi connectivity index (χ4v) is 5.46. The second-order valence-electron chi connectivity index (χ2n) is 9.67. The molecule has 1 amide bonds. The lowest BCUT2D eigenvalue weighted by Crippen LogP contribution is -2.49. The van der Waals surface area contributed by atoms with Crippen LogP contribution in [-0.4, -0.2) is 65.8 Å². The number of halogens is 1. The molecule has 1 aliphatic heterocycles. The van der Waals surface area contributed by atoms with Gasteiger partial charge in [0.05, 0.1) is 12.6 Å². The van der Waals surface area contributed by atoms with Crippen LogP contribution in [0.15, 0.2) is 60.0 Å². The highest BCUT2D eigenvalue weighted by atomic mass is 32.1. The van der Waals surface area contributed by atoms with Crippen LogP contribution in [0.5, 0.6) is 11.5 Å². The molecule has 2 atom stereocenters. The quantitative estimate of drug-likeness (QED) is 0.387. The Morgan fingerprint density at radius 1 is 1.16 bits per heavy atom. The molecule has 0 bridgehead atoms. The molecule has 0 saturated carbocycles. The van der Waals surface area contributed by atoms with Gasteiger partial charge in [-0.15, -0.1) is 11.3 Å². The van der Waals surface area contributed by atoms with Crippen molar-refractivity contribution in [1.82, 2.24) is 9.80 Å². The third kappa shape index (κ3) is 7.09.